The Labute approximate surface area is 136 Å². The van der Waals surface area contributed by atoms with Gasteiger partial charge in [-0.05, 0) is 25.1 Å². The molecule has 120 valence electrons. The molecule has 0 spiro atoms. The highest BCUT2D eigenvalue weighted by molar-refractivity contribution is 5.54. The van der Waals surface area contributed by atoms with Crippen LogP contribution < -0.4 is 5.69 Å². The Morgan fingerprint density at radius 1 is 1.12 bits per heavy atom. The molecule has 0 fully saturated rings. The molecule has 4 aromatic rings. The average molecular weight is 321 g/mol. The highest BCUT2D eigenvalue weighted by atomic mass is 16.1. The second-order valence-electron chi connectivity index (χ2n) is 5.36. The fraction of sp³-hybridized carbons (Fsp3) is 0.125. The third-order valence-electron chi connectivity index (χ3n) is 3.87. The number of nitrogens with zero attached hydrogens (tertiary/aromatic N) is 5. The lowest BCUT2D eigenvalue weighted by Gasteiger charge is -2.14. The van der Waals surface area contributed by atoms with E-state index in [0.717, 1.165) is 17.2 Å². The van der Waals surface area contributed by atoms with Gasteiger partial charge in [-0.2, -0.15) is 10.2 Å². The van der Waals surface area contributed by atoms with Gasteiger partial charge in [0.05, 0.1) is 17.9 Å². The minimum absolute atomic E-state index is 0.180. The molecule has 3 aromatic heterocycles. The summed E-state index contributed by atoms with van der Waals surface area (Å²) in [5.41, 5.74) is 1.48. The van der Waals surface area contributed by atoms with E-state index in [4.69, 9.17) is 0 Å². The number of aromatic nitrogens is 7. The summed E-state index contributed by atoms with van der Waals surface area (Å²) < 4.78 is 3.78. The first kappa shape index (κ1) is 14.2. The molecule has 0 radical (unpaired) electrons. The van der Waals surface area contributed by atoms with Crippen molar-refractivity contribution in [2.45, 2.75) is 13.0 Å². The zero-order chi connectivity index (χ0) is 16.5. The molecule has 0 bridgehead atoms. The number of H-pyrrole nitrogens is 2. The maximum absolute atomic E-state index is 11.3. The summed E-state index contributed by atoms with van der Waals surface area (Å²) in [5.74, 6) is 1.29. The zero-order valence-electron chi connectivity index (χ0n) is 12.9. The molecule has 0 saturated carbocycles. The number of hydrogen-bond acceptors (Lipinski definition) is 4. The van der Waals surface area contributed by atoms with Crippen LogP contribution in [0.2, 0.25) is 0 Å². The van der Waals surface area contributed by atoms with Crippen LogP contribution in [0, 0.1) is 0 Å². The second-order valence-corrected chi connectivity index (χ2v) is 5.36. The normalized spacial score (nSPS) is 12.4. The van der Waals surface area contributed by atoms with E-state index in [1.54, 1.807) is 12.4 Å². The van der Waals surface area contributed by atoms with Gasteiger partial charge in [-0.3, -0.25) is 4.98 Å². The van der Waals surface area contributed by atoms with Crippen LogP contribution in [0.15, 0.2) is 59.8 Å². The van der Waals surface area contributed by atoms with Crippen LogP contribution in [0.5, 0.6) is 0 Å². The van der Waals surface area contributed by atoms with Crippen molar-refractivity contribution in [3.8, 4) is 17.2 Å². The molecular weight excluding hydrogens is 306 g/mol. The van der Waals surface area contributed by atoms with Gasteiger partial charge in [-0.25, -0.2) is 19.6 Å². The van der Waals surface area contributed by atoms with E-state index in [9.17, 15) is 4.79 Å². The number of para-hydroxylation sites is 1. The molecule has 3 heterocycles. The second kappa shape index (κ2) is 5.65. The number of aromatic amines is 2. The molecule has 8 nitrogen and oxygen atoms in total. The van der Waals surface area contributed by atoms with E-state index in [1.165, 1.54) is 0 Å². The molecule has 0 aliphatic carbocycles. The van der Waals surface area contributed by atoms with E-state index in [-0.39, 0.29) is 11.7 Å². The molecule has 0 amide bonds. The summed E-state index contributed by atoms with van der Waals surface area (Å²) in [4.78, 5) is 18.5. The Bertz CT molecular complexity index is 1010. The van der Waals surface area contributed by atoms with Crippen molar-refractivity contribution < 1.29 is 0 Å². The summed E-state index contributed by atoms with van der Waals surface area (Å²) in [6.07, 6.45) is 5.32. The van der Waals surface area contributed by atoms with Crippen LogP contribution in [0.25, 0.3) is 17.2 Å². The van der Waals surface area contributed by atoms with Gasteiger partial charge in [0.25, 0.3) is 0 Å². The average Bonchev–Trinajstić information content (AvgIpc) is 3.34. The van der Waals surface area contributed by atoms with Crippen molar-refractivity contribution in [3.05, 3.63) is 71.3 Å². The maximum Gasteiger partial charge on any atom is 0.340 e. The Morgan fingerprint density at radius 3 is 2.71 bits per heavy atom. The van der Waals surface area contributed by atoms with Crippen LogP contribution in [-0.2, 0) is 0 Å². The van der Waals surface area contributed by atoms with E-state index < -0.39 is 0 Å². The zero-order valence-corrected chi connectivity index (χ0v) is 12.9. The quantitative estimate of drug-likeness (QED) is 0.598. The van der Waals surface area contributed by atoms with Gasteiger partial charge >= 0.3 is 5.69 Å². The number of nitrogens with one attached hydrogen (secondary N) is 2. The molecule has 0 saturated heterocycles. The Morgan fingerprint density at radius 2 is 1.96 bits per heavy atom. The number of hydrogen-bond donors (Lipinski definition) is 2. The Kier molecular flexibility index (Phi) is 3.34. The monoisotopic (exact) mass is 321 g/mol. The highest BCUT2D eigenvalue weighted by Crippen LogP contribution is 2.25. The summed E-state index contributed by atoms with van der Waals surface area (Å²) in [7, 11) is 0. The summed E-state index contributed by atoms with van der Waals surface area (Å²) in [6, 6.07) is 11.6. The number of rotatable bonds is 4. The smallest absolute Gasteiger partial charge is 0.319 e. The van der Waals surface area contributed by atoms with Gasteiger partial charge in [0.2, 0.25) is 0 Å². The van der Waals surface area contributed by atoms with Crippen LogP contribution in [0.1, 0.15) is 18.8 Å². The molecule has 1 atom stereocenters. The molecule has 4 rings (SSSR count). The Balaban J connectivity index is 1.79. The van der Waals surface area contributed by atoms with E-state index in [2.05, 4.69) is 25.3 Å². The van der Waals surface area contributed by atoms with Crippen LogP contribution >= 0.6 is 0 Å². The van der Waals surface area contributed by atoms with Crippen molar-refractivity contribution in [2.75, 3.05) is 0 Å². The topological polar surface area (TPSA) is 97.2 Å². The van der Waals surface area contributed by atoms with Crippen molar-refractivity contribution >= 4 is 0 Å². The van der Waals surface area contributed by atoms with E-state index >= 15 is 0 Å². The van der Waals surface area contributed by atoms with Gasteiger partial charge in [0.1, 0.15) is 5.69 Å². The van der Waals surface area contributed by atoms with Crippen molar-refractivity contribution in [3.63, 3.8) is 0 Å². The molecule has 1 aromatic carbocycles. The third kappa shape index (κ3) is 2.34. The SMILES string of the molecule is C[C@@H](c1n[nH]c(=O)[nH]1)n1ccnc1-c1ccnn1-c1ccccc1. The van der Waals surface area contributed by atoms with Crippen LogP contribution in [-0.4, -0.2) is 34.5 Å². The van der Waals surface area contributed by atoms with Crippen LogP contribution in [0.4, 0.5) is 0 Å². The number of benzene rings is 1. The first-order chi connectivity index (χ1) is 11.7. The molecule has 0 unspecified atom stereocenters. The molecule has 0 aliphatic rings. The predicted molar refractivity (Wildman–Crippen MR) is 87.8 cm³/mol. The molecule has 0 aliphatic heterocycles. The molecular formula is C16H15N7O. The predicted octanol–water partition coefficient (Wildman–Crippen LogP) is 1.76. The lowest BCUT2D eigenvalue weighted by Crippen LogP contribution is -2.12. The fourth-order valence-electron chi connectivity index (χ4n) is 2.68. The van der Waals surface area contributed by atoms with Crippen molar-refractivity contribution in [1.82, 2.24) is 34.5 Å². The minimum atomic E-state index is -0.326. The summed E-state index contributed by atoms with van der Waals surface area (Å²) in [6.45, 7) is 1.94. The lowest BCUT2D eigenvalue weighted by atomic mass is 10.2. The summed E-state index contributed by atoms with van der Waals surface area (Å²) >= 11 is 0. The molecule has 24 heavy (non-hydrogen) atoms. The van der Waals surface area contributed by atoms with Gasteiger partial charge < -0.3 is 4.57 Å². The largest absolute Gasteiger partial charge is 0.340 e. The minimum Gasteiger partial charge on any atom is -0.319 e. The summed E-state index contributed by atoms with van der Waals surface area (Å²) in [5, 5.41) is 10.8. The standard InChI is InChI=1S/C16H15N7O/c1-11(14-19-16(24)21-20-14)22-10-9-17-15(22)13-7-8-18-23(13)12-5-3-2-4-6-12/h2-11H,1H3,(H2,19,20,21,24)/t11-/m0/s1. The molecule has 8 heteroatoms. The van der Waals surface area contributed by atoms with Crippen molar-refractivity contribution in [2.24, 2.45) is 0 Å². The van der Waals surface area contributed by atoms with Crippen LogP contribution in [0.3, 0.4) is 0 Å². The number of imidazole rings is 1. The first-order valence-electron chi connectivity index (χ1n) is 7.51. The van der Waals surface area contributed by atoms with E-state index in [0.29, 0.717) is 5.82 Å². The van der Waals surface area contributed by atoms with E-state index in [1.807, 2.05) is 58.8 Å². The van der Waals surface area contributed by atoms with Gasteiger partial charge in [0.15, 0.2) is 11.6 Å². The fourth-order valence-corrected chi connectivity index (χ4v) is 2.68. The van der Waals surface area contributed by atoms with Gasteiger partial charge in [0, 0.05) is 12.4 Å². The third-order valence-corrected chi connectivity index (χ3v) is 3.87. The van der Waals surface area contributed by atoms with Gasteiger partial charge in [-0.1, -0.05) is 18.2 Å². The Hall–Kier alpha value is -3.42. The van der Waals surface area contributed by atoms with Crippen molar-refractivity contribution in [1.29, 1.82) is 0 Å². The maximum atomic E-state index is 11.3. The molecule has 2 N–H and O–H groups in total. The first-order valence-corrected chi connectivity index (χ1v) is 7.51. The highest BCUT2D eigenvalue weighted by Gasteiger charge is 2.19. The lowest BCUT2D eigenvalue weighted by molar-refractivity contribution is 0.605. The van der Waals surface area contributed by atoms with Gasteiger partial charge in [-0.15, -0.1) is 0 Å².